The standard InChI is InChI=1S/C10H16N2O/c1-3-6-11(2)9-10(13)12-7-4-5-8-12/h1H,4-9H2,2H3. The van der Waals surface area contributed by atoms with E-state index in [1.807, 2.05) is 16.8 Å². The van der Waals surface area contributed by atoms with Crippen molar-refractivity contribution in [1.29, 1.82) is 0 Å². The maximum Gasteiger partial charge on any atom is 0.236 e. The van der Waals surface area contributed by atoms with Crippen molar-refractivity contribution < 1.29 is 4.79 Å². The summed E-state index contributed by atoms with van der Waals surface area (Å²) in [7, 11) is 1.87. The molecule has 1 aliphatic heterocycles. The van der Waals surface area contributed by atoms with Crippen LogP contribution in [0.2, 0.25) is 0 Å². The van der Waals surface area contributed by atoms with Crippen molar-refractivity contribution in [3.05, 3.63) is 0 Å². The Balaban J connectivity index is 2.28. The molecule has 0 N–H and O–H groups in total. The zero-order valence-corrected chi connectivity index (χ0v) is 8.12. The van der Waals surface area contributed by atoms with Crippen LogP contribution in [-0.4, -0.2) is 48.9 Å². The Kier molecular flexibility index (Phi) is 3.78. The lowest BCUT2D eigenvalue weighted by Crippen LogP contribution is -2.37. The van der Waals surface area contributed by atoms with Crippen LogP contribution >= 0.6 is 0 Å². The van der Waals surface area contributed by atoms with E-state index in [4.69, 9.17) is 6.42 Å². The summed E-state index contributed by atoms with van der Waals surface area (Å²) in [4.78, 5) is 15.3. The molecule has 1 aliphatic rings. The zero-order valence-electron chi connectivity index (χ0n) is 8.12. The summed E-state index contributed by atoms with van der Waals surface area (Å²) in [5.41, 5.74) is 0. The predicted molar refractivity (Wildman–Crippen MR) is 52.1 cm³/mol. The number of carbonyl (C=O) groups excluding carboxylic acids is 1. The molecule has 0 radical (unpaired) electrons. The largest absolute Gasteiger partial charge is 0.342 e. The first-order chi connectivity index (χ1) is 6.24. The number of terminal acetylenes is 1. The lowest BCUT2D eigenvalue weighted by molar-refractivity contribution is -0.130. The van der Waals surface area contributed by atoms with Gasteiger partial charge in [-0.3, -0.25) is 9.69 Å². The predicted octanol–water partition coefficient (Wildman–Crippen LogP) is 0.174. The highest BCUT2D eigenvalue weighted by Gasteiger charge is 2.18. The highest BCUT2D eigenvalue weighted by molar-refractivity contribution is 5.78. The normalized spacial score (nSPS) is 16.2. The zero-order chi connectivity index (χ0) is 9.68. The molecule has 0 bridgehead atoms. The summed E-state index contributed by atoms with van der Waals surface area (Å²) >= 11 is 0. The Morgan fingerprint density at radius 3 is 2.69 bits per heavy atom. The Hall–Kier alpha value is -1.01. The van der Waals surface area contributed by atoms with Crippen molar-refractivity contribution >= 4 is 5.91 Å². The average Bonchev–Trinajstić information content (AvgIpc) is 2.55. The van der Waals surface area contributed by atoms with E-state index < -0.39 is 0 Å². The van der Waals surface area contributed by atoms with Gasteiger partial charge in [0, 0.05) is 13.1 Å². The number of hydrogen-bond acceptors (Lipinski definition) is 2. The third-order valence-corrected chi connectivity index (χ3v) is 2.23. The highest BCUT2D eigenvalue weighted by atomic mass is 16.2. The summed E-state index contributed by atoms with van der Waals surface area (Å²) in [6.07, 6.45) is 7.43. The van der Waals surface area contributed by atoms with Crippen molar-refractivity contribution in [2.45, 2.75) is 12.8 Å². The average molecular weight is 180 g/mol. The molecule has 0 atom stereocenters. The molecule has 72 valence electrons. The smallest absolute Gasteiger partial charge is 0.236 e. The summed E-state index contributed by atoms with van der Waals surface area (Å²) < 4.78 is 0. The Labute approximate surface area is 79.7 Å². The van der Waals surface area contributed by atoms with Gasteiger partial charge in [0.15, 0.2) is 0 Å². The molecule has 1 amide bonds. The van der Waals surface area contributed by atoms with Crippen molar-refractivity contribution in [3.8, 4) is 12.3 Å². The maximum atomic E-state index is 11.5. The van der Waals surface area contributed by atoms with Gasteiger partial charge in [-0.15, -0.1) is 6.42 Å². The van der Waals surface area contributed by atoms with E-state index in [2.05, 4.69) is 5.92 Å². The number of hydrogen-bond donors (Lipinski definition) is 0. The van der Waals surface area contributed by atoms with E-state index in [1.165, 1.54) is 0 Å². The minimum absolute atomic E-state index is 0.204. The quantitative estimate of drug-likeness (QED) is 0.578. The van der Waals surface area contributed by atoms with Gasteiger partial charge in [-0.2, -0.15) is 0 Å². The SMILES string of the molecule is C#CCN(C)CC(=O)N1CCCC1. The lowest BCUT2D eigenvalue weighted by Gasteiger charge is -2.19. The summed E-state index contributed by atoms with van der Waals surface area (Å²) in [6, 6.07) is 0. The first-order valence-corrected chi connectivity index (χ1v) is 4.64. The number of likely N-dealkylation sites (N-methyl/N-ethyl adjacent to an activating group) is 1. The minimum Gasteiger partial charge on any atom is -0.342 e. The second-order valence-electron chi connectivity index (χ2n) is 3.46. The molecule has 0 aliphatic carbocycles. The first kappa shape index (κ1) is 10.1. The molecule has 1 saturated heterocycles. The first-order valence-electron chi connectivity index (χ1n) is 4.64. The third-order valence-electron chi connectivity index (χ3n) is 2.23. The van der Waals surface area contributed by atoms with Gasteiger partial charge in [0.05, 0.1) is 13.1 Å². The molecule has 1 fully saturated rings. The molecular formula is C10H16N2O. The van der Waals surface area contributed by atoms with Crippen LogP contribution in [0.3, 0.4) is 0 Å². The molecule has 1 heterocycles. The molecule has 0 aromatic heterocycles. The van der Waals surface area contributed by atoms with Gasteiger partial charge in [-0.05, 0) is 19.9 Å². The molecule has 0 unspecified atom stereocenters. The molecule has 0 spiro atoms. The van der Waals surface area contributed by atoms with Crippen LogP contribution in [0.4, 0.5) is 0 Å². The molecule has 0 aromatic rings. The Morgan fingerprint density at radius 2 is 2.15 bits per heavy atom. The molecule has 13 heavy (non-hydrogen) atoms. The summed E-state index contributed by atoms with van der Waals surface area (Å²) in [6.45, 7) is 2.83. The number of carbonyl (C=O) groups is 1. The second-order valence-corrected chi connectivity index (χ2v) is 3.46. The molecular weight excluding hydrogens is 164 g/mol. The summed E-state index contributed by atoms with van der Waals surface area (Å²) in [5.74, 6) is 2.72. The van der Waals surface area contributed by atoms with Gasteiger partial charge in [0.25, 0.3) is 0 Å². The molecule has 0 saturated carbocycles. The van der Waals surface area contributed by atoms with E-state index in [-0.39, 0.29) is 5.91 Å². The van der Waals surface area contributed by atoms with Gasteiger partial charge in [-0.25, -0.2) is 0 Å². The number of amides is 1. The molecule has 1 rings (SSSR count). The monoisotopic (exact) mass is 180 g/mol. The summed E-state index contributed by atoms with van der Waals surface area (Å²) in [5, 5.41) is 0. The molecule has 3 nitrogen and oxygen atoms in total. The van der Waals surface area contributed by atoms with Gasteiger partial charge in [0.2, 0.25) is 5.91 Å². The lowest BCUT2D eigenvalue weighted by atomic mass is 10.4. The van der Waals surface area contributed by atoms with Crippen LogP contribution < -0.4 is 0 Å². The van der Waals surface area contributed by atoms with E-state index in [9.17, 15) is 4.79 Å². The molecule has 3 heteroatoms. The van der Waals surface area contributed by atoms with Crippen LogP contribution in [0, 0.1) is 12.3 Å². The highest BCUT2D eigenvalue weighted by Crippen LogP contribution is 2.07. The number of nitrogens with zero attached hydrogens (tertiary/aromatic N) is 2. The fourth-order valence-electron chi connectivity index (χ4n) is 1.51. The van der Waals surface area contributed by atoms with Crippen LogP contribution in [0.1, 0.15) is 12.8 Å². The Morgan fingerprint density at radius 1 is 1.54 bits per heavy atom. The van der Waals surface area contributed by atoms with Gasteiger partial charge >= 0.3 is 0 Å². The van der Waals surface area contributed by atoms with Crippen LogP contribution in [0.5, 0.6) is 0 Å². The van der Waals surface area contributed by atoms with E-state index in [0.717, 1.165) is 25.9 Å². The van der Waals surface area contributed by atoms with Crippen molar-refractivity contribution in [3.63, 3.8) is 0 Å². The fourth-order valence-corrected chi connectivity index (χ4v) is 1.51. The van der Waals surface area contributed by atoms with Crippen molar-refractivity contribution in [1.82, 2.24) is 9.80 Å². The van der Waals surface area contributed by atoms with E-state index in [1.54, 1.807) is 0 Å². The van der Waals surface area contributed by atoms with Gasteiger partial charge < -0.3 is 4.90 Å². The molecule has 0 aromatic carbocycles. The Bertz CT molecular complexity index is 213. The minimum atomic E-state index is 0.204. The van der Waals surface area contributed by atoms with Crippen LogP contribution in [0.15, 0.2) is 0 Å². The van der Waals surface area contributed by atoms with E-state index in [0.29, 0.717) is 13.1 Å². The van der Waals surface area contributed by atoms with E-state index >= 15 is 0 Å². The number of likely N-dealkylation sites (tertiary alicyclic amines) is 1. The maximum absolute atomic E-state index is 11.5. The van der Waals surface area contributed by atoms with Gasteiger partial charge in [0.1, 0.15) is 0 Å². The van der Waals surface area contributed by atoms with Crippen LogP contribution in [-0.2, 0) is 4.79 Å². The fraction of sp³-hybridized carbons (Fsp3) is 0.700. The number of rotatable bonds is 3. The van der Waals surface area contributed by atoms with Crippen molar-refractivity contribution in [2.24, 2.45) is 0 Å². The van der Waals surface area contributed by atoms with Crippen molar-refractivity contribution in [2.75, 3.05) is 33.2 Å². The van der Waals surface area contributed by atoms with Crippen LogP contribution in [0.25, 0.3) is 0 Å². The van der Waals surface area contributed by atoms with Gasteiger partial charge in [-0.1, -0.05) is 5.92 Å². The second kappa shape index (κ2) is 4.88. The topological polar surface area (TPSA) is 23.6 Å². The third kappa shape index (κ3) is 3.08.